The second-order valence-corrected chi connectivity index (χ2v) is 3.23. The minimum atomic E-state index is -1.04. The number of carbonyl (C=O) groups is 2. The molecule has 4 nitrogen and oxygen atoms in total. The molecule has 0 aliphatic carbocycles. The Morgan fingerprint density at radius 3 is 2.33 bits per heavy atom. The molecule has 0 aliphatic heterocycles. The van der Waals surface area contributed by atoms with Crippen molar-refractivity contribution >= 4 is 11.9 Å². The summed E-state index contributed by atoms with van der Waals surface area (Å²) in [5.41, 5.74) is 1.61. The third-order valence-corrected chi connectivity index (χ3v) is 2.29. The van der Waals surface area contributed by atoms with Gasteiger partial charge in [0, 0.05) is 0 Å². The van der Waals surface area contributed by atoms with E-state index in [0.29, 0.717) is 16.7 Å². The molecule has 0 aromatic heterocycles. The van der Waals surface area contributed by atoms with E-state index in [1.54, 1.807) is 19.9 Å². The van der Waals surface area contributed by atoms with E-state index in [1.807, 2.05) is 0 Å². The Bertz CT molecular complexity index is 421. The molecule has 1 aromatic rings. The van der Waals surface area contributed by atoms with E-state index in [1.165, 1.54) is 13.2 Å². The topological polar surface area (TPSA) is 63.6 Å². The highest BCUT2D eigenvalue weighted by molar-refractivity contribution is 5.98. The Balaban J connectivity index is 3.43. The van der Waals surface area contributed by atoms with Crippen LogP contribution in [0.1, 0.15) is 31.8 Å². The average Bonchev–Trinajstić information content (AvgIpc) is 2.16. The van der Waals surface area contributed by atoms with Gasteiger partial charge in [0.25, 0.3) is 0 Å². The number of carbonyl (C=O) groups excluding carboxylic acids is 1. The van der Waals surface area contributed by atoms with Crippen molar-refractivity contribution in [1.82, 2.24) is 0 Å². The van der Waals surface area contributed by atoms with E-state index in [0.717, 1.165) is 0 Å². The second-order valence-electron chi connectivity index (χ2n) is 3.23. The lowest BCUT2D eigenvalue weighted by atomic mass is 9.98. The molecule has 15 heavy (non-hydrogen) atoms. The second kappa shape index (κ2) is 4.13. The van der Waals surface area contributed by atoms with Crippen molar-refractivity contribution in [2.45, 2.75) is 13.8 Å². The van der Waals surface area contributed by atoms with Crippen LogP contribution in [0.3, 0.4) is 0 Å². The molecule has 1 rings (SSSR count). The Kier molecular flexibility index (Phi) is 3.09. The zero-order valence-corrected chi connectivity index (χ0v) is 8.83. The van der Waals surface area contributed by atoms with Crippen LogP contribution in [0.2, 0.25) is 0 Å². The maximum atomic E-state index is 11.4. The lowest BCUT2D eigenvalue weighted by Gasteiger charge is -2.09. The molecule has 0 spiro atoms. The van der Waals surface area contributed by atoms with Crippen molar-refractivity contribution in [2.75, 3.05) is 7.11 Å². The van der Waals surface area contributed by atoms with Gasteiger partial charge >= 0.3 is 11.9 Å². The quantitative estimate of drug-likeness (QED) is 0.752. The van der Waals surface area contributed by atoms with Crippen LogP contribution in [0.4, 0.5) is 0 Å². The normalized spacial score (nSPS) is 9.80. The van der Waals surface area contributed by atoms with Crippen LogP contribution in [0.5, 0.6) is 0 Å². The summed E-state index contributed by atoms with van der Waals surface area (Å²) in [5, 5.41) is 8.88. The van der Waals surface area contributed by atoms with E-state index >= 15 is 0 Å². The predicted octanol–water partition coefficient (Wildman–Crippen LogP) is 1.79. The first-order valence-electron chi connectivity index (χ1n) is 4.40. The first-order valence-corrected chi connectivity index (χ1v) is 4.40. The fourth-order valence-electron chi connectivity index (χ4n) is 1.49. The minimum Gasteiger partial charge on any atom is -0.478 e. The van der Waals surface area contributed by atoms with E-state index in [2.05, 4.69) is 4.74 Å². The van der Waals surface area contributed by atoms with Crippen LogP contribution >= 0.6 is 0 Å². The van der Waals surface area contributed by atoms with Gasteiger partial charge in [-0.15, -0.1) is 0 Å². The largest absolute Gasteiger partial charge is 0.478 e. The molecule has 0 atom stereocenters. The van der Waals surface area contributed by atoms with Gasteiger partial charge < -0.3 is 9.84 Å². The van der Waals surface area contributed by atoms with Crippen molar-refractivity contribution in [3.63, 3.8) is 0 Å². The van der Waals surface area contributed by atoms with Crippen molar-refractivity contribution in [2.24, 2.45) is 0 Å². The summed E-state index contributed by atoms with van der Waals surface area (Å²) < 4.78 is 4.60. The highest BCUT2D eigenvalue weighted by Gasteiger charge is 2.18. The standard InChI is InChI=1S/C11H12O4/c1-6-4-5-8(10(12)13)7(2)9(6)11(14)15-3/h4-5H,1-3H3,(H,12,13). The summed E-state index contributed by atoms with van der Waals surface area (Å²) in [7, 11) is 1.27. The SMILES string of the molecule is COC(=O)c1c(C)ccc(C(=O)O)c1C. The van der Waals surface area contributed by atoms with Gasteiger partial charge in [-0.2, -0.15) is 0 Å². The van der Waals surface area contributed by atoms with Crippen LogP contribution < -0.4 is 0 Å². The summed E-state index contributed by atoms with van der Waals surface area (Å²) in [6.45, 7) is 3.34. The summed E-state index contributed by atoms with van der Waals surface area (Å²) in [5.74, 6) is -1.55. The van der Waals surface area contributed by atoms with Gasteiger partial charge in [-0.05, 0) is 31.0 Å². The van der Waals surface area contributed by atoms with Gasteiger partial charge in [0.05, 0.1) is 18.2 Å². The molecule has 4 heteroatoms. The van der Waals surface area contributed by atoms with Crippen LogP contribution in [-0.4, -0.2) is 24.2 Å². The van der Waals surface area contributed by atoms with Crippen molar-refractivity contribution < 1.29 is 19.4 Å². The molecule has 0 saturated heterocycles. The Hall–Kier alpha value is -1.84. The highest BCUT2D eigenvalue weighted by Crippen LogP contribution is 2.19. The molecule has 0 fully saturated rings. The molecule has 0 radical (unpaired) electrons. The number of carboxylic acid groups (broad SMARTS) is 1. The molecule has 1 aromatic carbocycles. The Labute approximate surface area is 87.5 Å². The van der Waals surface area contributed by atoms with E-state index in [4.69, 9.17) is 5.11 Å². The maximum Gasteiger partial charge on any atom is 0.338 e. The monoisotopic (exact) mass is 208 g/mol. The molecule has 0 saturated carbocycles. The van der Waals surface area contributed by atoms with Gasteiger partial charge in [-0.3, -0.25) is 0 Å². The Morgan fingerprint density at radius 2 is 1.87 bits per heavy atom. The number of aryl methyl sites for hydroxylation is 1. The van der Waals surface area contributed by atoms with Gasteiger partial charge in [-0.1, -0.05) is 6.07 Å². The highest BCUT2D eigenvalue weighted by atomic mass is 16.5. The molecule has 0 unspecified atom stereocenters. The number of hydrogen-bond donors (Lipinski definition) is 1. The summed E-state index contributed by atoms with van der Waals surface area (Å²) in [6, 6.07) is 3.09. The summed E-state index contributed by atoms with van der Waals surface area (Å²) in [6.07, 6.45) is 0. The number of ether oxygens (including phenoxy) is 1. The first-order chi connectivity index (χ1) is 6.99. The lowest BCUT2D eigenvalue weighted by molar-refractivity contribution is 0.0599. The first kappa shape index (κ1) is 11.2. The van der Waals surface area contributed by atoms with Crippen molar-refractivity contribution in [3.05, 3.63) is 34.4 Å². The lowest BCUT2D eigenvalue weighted by Crippen LogP contribution is -2.10. The van der Waals surface area contributed by atoms with Crippen LogP contribution in [0.25, 0.3) is 0 Å². The molecule has 1 N–H and O–H groups in total. The maximum absolute atomic E-state index is 11.4. The zero-order valence-electron chi connectivity index (χ0n) is 8.83. The van der Waals surface area contributed by atoms with E-state index in [-0.39, 0.29) is 5.56 Å². The average molecular weight is 208 g/mol. The fourth-order valence-corrected chi connectivity index (χ4v) is 1.49. The van der Waals surface area contributed by atoms with Gasteiger partial charge in [-0.25, -0.2) is 9.59 Å². The third kappa shape index (κ3) is 1.98. The number of benzene rings is 1. The minimum absolute atomic E-state index is 0.126. The molecule has 0 heterocycles. The molecule has 80 valence electrons. The van der Waals surface area contributed by atoms with Crippen molar-refractivity contribution in [1.29, 1.82) is 0 Å². The number of carboxylic acids is 1. The van der Waals surface area contributed by atoms with Crippen LogP contribution in [0, 0.1) is 13.8 Å². The summed E-state index contributed by atoms with van der Waals surface area (Å²) in [4.78, 5) is 22.3. The predicted molar refractivity (Wildman–Crippen MR) is 54.2 cm³/mol. The molecule has 0 bridgehead atoms. The van der Waals surface area contributed by atoms with Gasteiger partial charge in [0.2, 0.25) is 0 Å². The summed E-state index contributed by atoms with van der Waals surface area (Å²) >= 11 is 0. The number of aromatic carboxylic acids is 1. The number of hydrogen-bond acceptors (Lipinski definition) is 3. The third-order valence-electron chi connectivity index (χ3n) is 2.29. The zero-order chi connectivity index (χ0) is 11.6. The van der Waals surface area contributed by atoms with Crippen LogP contribution in [0.15, 0.2) is 12.1 Å². The van der Waals surface area contributed by atoms with Gasteiger partial charge in [0.1, 0.15) is 0 Å². The molecular formula is C11H12O4. The molecular weight excluding hydrogens is 196 g/mol. The van der Waals surface area contributed by atoms with Crippen LogP contribution in [-0.2, 0) is 4.74 Å². The van der Waals surface area contributed by atoms with Gasteiger partial charge in [0.15, 0.2) is 0 Å². The smallest absolute Gasteiger partial charge is 0.338 e. The number of rotatable bonds is 2. The number of methoxy groups -OCH3 is 1. The molecule has 0 amide bonds. The van der Waals surface area contributed by atoms with E-state index < -0.39 is 11.9 Å². The fraction of sp³-hybridized carbons (Fsp3) is 0.273. The van der Waals surface area contributed by atoms with Crippen molar-refractivity contribution in [3.8, 4) is 0 Å². The van der Waals surface area contributed by atoms with E-state index in [9.17, 15) is 9.59 Å². The Morgan fingerprint density at radius 1 is 1.27 bits per heavy atom. The number of esters is 1. The molecule has 0 aliphatic rings.